The van der Waals surface area contributed by atoms with Crippen molar-refractivity contribution in [3.63, 3.8) is 0 Å². The van der Waals surface area contributed by atoms with Gasteiger partial charge in [-0.25, -0.2) is 0 Å². The largest absolute Gasteiger partial charge is 0.493 e. The lowest BCUT2D eigenvalue weighted by Gasteiger charge is -2.25. The first kappa shape index (κ1) is 12.7. The van der Waals surface area contributed by atoms with E-state index in [2.05, 4.69) is 5.32 Å². The summed E-state index contributed by atoms with van der Waals surface area (Å²) in [5.74, 6) is 0.798. The molecule has 0 radical (unpaired) electrons. The summed E-state index contributed by atoms with van der Waals surface area (Å²) in [6, 6.07) is 17.7. The van der Waals surface area contributed by atoms with E-state index in [1.165, 1.54) is 0 Å². The van der Waals surface area contributed by atoms with Gasteiger partial charge in [-0.1, -0.05) is 48.5 Å². The molecule has 1 aliphatic rings. The van der Waals surface area contributed by atoms with E-state index < -0.39 is 0 Å². The minimum atomic E-state index is -0.108. The van der Waals surface area contributed by atoms with E-state index in [9.17, 15) is 4.79 Å². The zero-order chi connectivity index (χ0) is 13.8. The minimum Gasteiger partial charge on any atom is -0.493 e. The van der Waals surface area contributed by atoms with Gasteiger partial charge >= 0.3 is 0 Å². The summed E-state index contributed by atoms with van der Waals surface area (Å²) >= 11 is 0. The highest BCUT2D eigenvalue weighted by atomic mass is 16.5. The molecule has 0 bridgehead atoms. The molecule has 20 heavy (non-hydrogen) atoms. The molecule has 0 fully saturated rings. The third kappa shape index (κ3) is 2.67. The molecular weight excluding hydrogens is 250 g/mol. The molecule has 0 saturated heterocycles. The van der Waals surface area contributed by atoms with Crippen molar-refractivity contribution in [3.8, 4) is 5.75 Å². The molecule has 1 N–H and O–H groups in total. The number of rotatable bonds is 3. The number of amides is 1. The fourth-order valence-corrected chi connectivity index (χ4v) is 2.52. The lowest BCUT2D eigenvalue weighted by atomic mass is 9.92. The molecule has 0 aliphatic carbocycles. The van der Waals surface area contributed by atoms with Crippen LogP contribution in [0.5, 0.6) is 5.75 Å². The van der Waals surface area contributed by atoms with Crippen LogP contribution in [0.25, 0.3) is 0 Å². The van der Waals surface area contributed by atoms with Gasteiger partial charge in [0.15, 0.2) is 0 Å². The van der Waals surface area contributed by atoms with Crippen LogP contribution in [0.2, 0.25) is 0 Å². The molecule has 0 saturated carbocycles. The zero-order valence-corrected chi connectivity index (χ0v) is 11.2. The average Bonchev–Trinajstić information content (AvgIpc) is 2.53. The highest BCUT2D eigenvalue weighted by Crippen LogP contribution is 2.33. The van der Waals surface area contributed by atoms with Gasteiger partial charge in [-0.2, -0.15) is 0 Å². The molecule has 3 heteroatoms. The second kappa shape index (κ2) is 5.78. The standard InChI is InChI=1S/C17H17NO2/c19-17(18-12-13-6-2-1-3-7-13)15-10-11-20-16-9-5-4-8-14(15)16/h1-9,15H,10-12H2,(H,18,19). The SMILES string of the molecule is O=C(NCc1ccccc1)C1CCOc2ccccc21. The van der Waals surface area contributed by atoms with Gasteiger partial charge in [-0.3, -0.25) is 4.79 Å². The molecule has 1 amide bonds. The molecule has 2 aromatic rings. The lowest BCUT2D eigenvalue weighted by molar-refractivity contribution is -0.123. The molecule has 1 aliphatic heterocycles. The molecule has 102 valence electrons. The Hall–Kier alpha value is -2.29. The summed E-state index contributed by atoms with van der Waals surface area (Å²) in [6.07, 6.45) is 0.734. The number of carbonyl (C=O) groups is 1. The van der Waals surface area contributed by atoms with Crippen molar-refractivity contribution in [1.82, 2.24) is 5.32 Å². The summed E-state index contributed by atoms with van der Waals surface area (Å²) in [5, 5.41) is 3.02. The molecule has 0 aromatic heterocycles. The number of hydrogen-bond donors (Lipinski definition) is 1. The maximum absolute atomic E-state index is 12.4. The quantitative estimate of drug-likeness (QED) is 0.928. The van der Waals surface area contributed by atoms with E-state index in [0.29, 0.717) is 13.2 Å². The third-order valence-corrected chi connectivity index (χ3v) is 3.58. The van der Waals surface area contributed by atoms with Gasteiger partial charge in [0.1, 0.15) is 5.75 Å². The summed E-state index contributed by atoms with van der Waals surface area (Å²) < 4.78 is 5.59. The van der Waals surface area contributed by atoms with Gasteiger partial charge in [0.2, 0.25) is 5.91 Å². The van der Waals surface area contributed by atoms with Crippen LogP contribution in [0.3, 0.4) is 0 Å². The fourth-order valence-electron chi connectivity index (χ4n) is 2.52. The molecule has 3 rings (SSSR count). The van der Waals surface area contributed by atoms with Crippen LogP contribution < -0.4 is 10.1 Å². The van der Waals surface area contributed by atoms with Crippen LogP contribution in [0.1, 0.15) is 23.5 Å². The van der Waals surface area contributed by atoms with Crippen molar-refractivity contribution in [2.75, 3.05) is 6.61 Å². The van der Waals surface area contributed by atoms with Gasteiger partial charge < -0.3 is 10.1 Å². The first-order valence-electron chi connectivity index (χ1n) is 6.88. The number of benzene rings is 2. The number of hydrogen-bond acceptors (Lipinski definition) is 2. The minimum absolute atomic E-state index is 0.0737. The highest BCUT2D eigenvalue weighted by molar-refractivity contribution is 5.84. The van der Waals surface area contributed by atoms with Crippen LogP contribution >= 0.6 is 0 Å². The fraction of sp³-hybridized carbons (Fsp3) is 0.235. The summed E-state index contributed by atoms with van der Waals surface area (Å²) in [5.41, 5.74) is 2.10. The Morgan fingerprint density at radius 1 is 1.10 bits per heavy atom. The van der Waals surface area contributed by atoms with E-state index in [1.807, 2.05) is 54.6 Å². The smallest absolute Gasteiger partial charge is 0.228 e. The molecular formula is C17H17NO2. The van der Waals surface area contributed by atoms with E-state index in [4.69, 9.17) is 4.74 Å². The maximum atomic E-state index is 12.4. The molecule has 0 spiro atoms. The Morgan fingerprint density at radius 2 is 1.85 bits per heavy atom. The molecule has 1 atom stereocenters. The normalized spacial score (nSPS) is 16.9. The maximum Gasteiger partial charge on any atom is 0.228 e. The first-order chi connectivity index (χ1) is 9.84. The Morgan fingerprint density at radius 3 is 2.70 bits per heavy atom. The average molecular weight is 267 g/mol. The van der Waals surface area contributed by atoms with E-state index in [1.54, 1.807) is 0 Å². The van der Waals surface area contributed by atoms with Crippen molar-refractivity contribution >= 4 is 5.91 Å². The van der Waals surface area contributed by atoms with Gasteiger partial charge in [-0.05, 0) is 18.1 Å². The molecule has 2 aromatic carbocycles. The van der Waals surface area contributed by atoms with Gasteiger partial charge in [0.05, 0.1) is 12.5 Å². The van der Waals surface area contributed by atoms with Crippen molar-refractivity contribution in [1.29, 1.82) is 0 Å². The van der Waals surface area contributed by atoms with Crippen LogP contribution in [-0.2, 0) is 11.3 Å². The van der Waals surface area contributed by atoms with Crippen molar-refractivity contribution in [2.24, 2.45) is 0 Å². The van der Waals surface area contributed by atoms with Crippen LogP contribution in [-0.4, -0.2) is 12.5 Å². The third-order valence-electron chi connectivity index (χ3n) is 3.58. The van der Waals surface area contributed by atoms with Crippen LogP contribution in [0, 0.1) is 0 Å². The molecule has 1 heterocycles. The predicted octanol–water partition coefficient (Wildman–Crippen LogP) is 2.87. The van der Waals surface area contributed by atoms with Crippen LogP contribution in [0.4, 0.5) is 0 Å². The number of ether oxygens (including phenoxy) is 1. The Kier molecular flexibility index (Phi) is 3.68. The summed E-state index contributed by atoms with van der Waals surface area (Å²) in [6.45, 7) is 1.17. The Bertz CT molecular complexity index is 595. The number of nitrogens with one attached hydrogen (secondary N) is 1. The molecule has 3 nitrogen and oxygen atoms in total. The van der Waals surface area contributed by atoms with Gasteiger partial charge in [0, 0.05) is 12.1 Å². The highest BCUT2D eigenvalue weighted by Gasteiger charge is 2.26. The van der Waals surface area contributed by atoms with Gasteiger partial charge in [-0.15, -0.1) is 0 Å². The topological polar surface area (TPSA) is 38.3 Å². The number of para-hydroxylation sites is 1. The Labute approximate surface area is 118 Å². The Balaban J connectivity index is 1.69. The van der Waals surface area contributed by atoms with Crippen molar-refractivity contribution < 1.29 is 9.53 Å². The first-order valence-corrected chi connectivity index (χ1v) is 6.88. The second-order valence-electron chi connectivity index (χ2n) is 4.93. The van der Waals surface area contributed by atoms with Crippen molar-refractivity contribution in [3.05, 3.63) is 65.7 Å². The number of carbonyl (C=O) groups excluding carboxylic acids is 1. The monoisotopic (exact) mass is 267 g/mol. The second-order valence-corrected chi connectivity index (χ2v) is 4.93. The van der Waals surface area contributed by atoms with Crippen molar-refractivity contribution in [2.45, 2.75) is 18.9 Å². The van der Waals surface area contributed by atoms with E-state index in [-0.39, 0.29) is 11.8 Å². The number of fused-ring (bicyclic) bond motifs is 1. The van der Waals surface area contributed by atoms with Crippen LogP contribution in [0.15, 0.2) is 54.6 Å². The summed E-state index contributed by atoms with van der Waals surface area (Å²) in [4.78, 5) is 12.4. The van der Waals surface area contributed by atoms with E-state index >= 15 is 0 Å². The molecule has 1 unspecified atom stereocenters. The lowest BCUT2D eigenvalue weighted by Crippen LogP contribution is -2.32. The van der Waals surface area contributed by atoms with Gasteiger partial charge in [0.25, 0.3) is 0 Å². The summed E-state index contributed by atoms with van der Waals surface area (Å²) in [7, 11) is 0. The van der Waals surface area contributed by atoms with E-state index in [0.717, 1.165) is 23.3 Å². The zero-order valence-electron chi connectivity index (χ0n) is 11.2. The predicted molar refractivity (Wildman–Crippen MR) is 77.6 cm³/mol.